The van der Waals surface area contributed by atoms with Crippen LogP contribution in [-0.4, -0.2) is 33.3 Å². The Balaban J connectivity index is 1.49. The van der Waals surface area contributed by atoms with Crippen molar-refractivity contribution in [1.29, 1.82) is 5.26 Å². The third-order valence-corrected chi connectivity index (χ3v) is 8.39. The summed E-state index contributed by atoms with van der Waals surface area (Å²) in [6.07, 6.45) is 6.69. The van der Waals surface area contributed by atoms with Crippen molar-refractivity contribution in [2.24, 2.45) is 12.5 Å². The molecular weight excluding hydrogens is 567 g/mol. The summed E-state index contributed by atoms with van der Waals surface area (Å²) in [7, 11) is 1.73. The van der Waals surface area contributed by atoms with Crippen LogP contribution in [0.25, 0.3) is 21.7 Å². The molecule has 2 aromatic heterocycles. The highest BCUT2D eigenvalue weighted by atomic mass is 35.5. The third kappa shape index (κ3) is 5.35. The summed E-state index contributed by atoms with van der Waals surface area (Å²) < 4.78 is 15.5. The Labute approximate surface area is 254 Å². The second-order valence-electron chi connectivity index (χ2n) is 12.6. The number of benzene rings is 2. The fourth-order valence-electron chi connectivity index (χ4n) is 5.43. The lowest BCUT2D eigenvalue weighted by Crippen LogP contribution is -2.46. The summed E-state index contributed by atoms with van der Waals surface area (Å²) >= 11 is 6.80. The smallest absolute Gasteiger partial charge is 0.258 e. The normalized spacial score (nSPS) is 16.5. The Hall–Kier alpha value is -4.33. The van der Waals surface area contributed by atoms with Gasteiger partial charge in [0.1, 0.15) is 12.7 Å². The molecule has 222 valence electrons. The van der Waals surface area contributed by atoms with Crippen molar-refractivity contribution >= 4 is 44.7 Å². The molecule has 2 aromatic carbocycles. The van der Waals surface area contributed by atoms with Crippen molar-refractivity contribution in [3.8, 4) is 6.07 Å². The zero-order chi connectivity index (χ0) is 30.5. The van der Waals surface area contributed by atoms with E-state index >= 15 is 0 Å². The number of nitrogens with one attached hydrogen (secondary N) is 4. The molecule has 6 rings (SSSR count). The molecule has 0 bridgehead atoms. The number of halogens is 2. The van der Waals surface area contributed by atoms with Gasteiger partial charge in [0.05, 0.1) is 39.1 Å². The molecule has 0 spiro atoms. The number of nitrogens with zero attached hydrogens (tertiary/aromatic N) is 4. The van der Waals surface area contributed by atoms with E-state index in [2.05, 4.69) is 53.4 Å². The van der Waals surface area contributed by atoms with Gasteiger partial charge >= 0.3 is 0 Å². The molecule has 1 aliphatic carbocycles. The number of anilines is 2. The minimum Gasteiger partial charge on any atom is -0.383 e. The fourth-order valence-corrected chi connectivity index (χ4v) is 5.69. The minimum atomic E-state index is -0.562. The Morgan fingerprint density at radius 2 is 2.00 bits per heavy atom. The van der Waals surface area contributed by atoms with E-state index < -0.39 is 18.3 Å². The highest BCUT2D eigenvalue weighted by Gasteiger charge is 2.49. The van der Waals surface area contributed by atoms with E-state index in [-0.39, 0.29) is 11.0 Å². The van der Waals surface area contributed by atoms with Gasteiger partial charge in [-0.2, -0.15) is 5.26 Å². The van der Waals surface area contributed by atoms with Crippen LogP contribution in [0.2, 0.25) is 5.02 Å². The van der Waals surface area contributed by atoms with Gasteiger partial charge in [-0.15, -0.1) is 5.53 Å². The van der Waals surface area contributed by atoms with Crippen LogP contribution in [-0.2, 0) is 7.05 Å². The molecule has 0 unspecified atom stereocenters. The summed E-state index contributed by atoms with van der Waals surface area (Å²) in [5.74, 6) is 0. The van der Waals surface area contributed by atoms with Crippen LogP contribution < -0.4 is 27.2 Å². The van der Waals surface area contributed by atoms with Gasteiger partial charge in [0, 0.05) is 48.6 Å². The molecule has 0 amide bonds. The molecule has 43 heavy (non-hydrogen) atoms. The number of pyridine rings is 2. The molecule has 0 saturated heterocycles. The van der Waals surface area contributed by atoms with Crippen molar-refractivity contribution in [2.75, 3.05) is 23.9 Å². The van der Waals surface area contributed by atoms with Crippen LogP contribution in [0, 0.1) is 16.7 Å². The number of alkyl halides is 1. The lowest BCUT2D eigenvalue weighted by Gasteiger charge is -2.24. The summed E-state index contributed by atoms with van der Waals surface area (Å²) in [5.41, 5.74) is 9.64. The summed E-state index contributed by atoms with van der Waals surface area (Å²) in [6.45, 7) is 6.52. The van der Waals surface area contributed by atoms with E-state index in [1.54, 1.807) is 28.9 Å². The van der Waals surface area contributed by atoms with Crippen molar-refractivity contribution in [1.82, 2.24) is 25.5 Å². The molecule has 4 N–H and O–H groups in total. The maximum atomic E-state index is 14.0. The number of rotatable bonds is 8. The fraction of sp³-hybridized carbons (Fsp3) is 0.344. The van der Waals surface area contributed by atoms with E-state index in [9.17, 15) is 14.4 Å². The zero-order valence-electron chi connectivity index (χ0n) is 24.6. The zero-order valence-corrected chi connectivity index (χ0v) is 25.3. The predicted molar refractivity (Wildman–Crippen MR) is 169 cm³/mol. The molecule has 1 saturated carbocycles. The van der Waals surface area contributed by atoms with Crippen molar-refractivity contribution in [3.05, 3.63) is 87.2 Å². The number of aryl methyl sites for hydroxylation is 1. The molecule has 4 aromatic rings. The molecule has 0 radical (unpaired) electrons. The number of hydrogen-bond donors (Lipinski definition) is 4. The first-order valence-electron chi connectivity index (χ1n) is 14.2. The van der Waals surface area contributed by atoms with E-state index in [0.29, 0.717) is 44.8 Å². The largest absolute Gasteiger partial charge is 0.383 e. The maximum Gasteiger partial charge on any atom is 0.258 e. The van der Waals surface area contributed by atoms with Gasteiger partial charge in [0.2, 0.25) is 0 Å². The molecule has 1 aliphatic heterocycles. The standard InChI is InChI=1S/C32H34ClFN8O/c1-31(2,3)18-37-27-19(14-35)15-36-28-24(27)12-20(13-25(28)33)38-29(26-16-42(40-39-26)32(17-34)9-10-32)22-6-5-7-23-21(22)8-11-41(4)30(23)43/h5-8,11-13,15-16,29,38-40H,9-10,17-18H2,1-4H3,(H,36,37)/t29-/m0/s1. The summed E-state index contributed by atoms with van der Waals surface area (Å²) in [5, 5.41) is 21.3. The van der Waals surface area contributed by atoms with Crippen LogP contribution >= 0.6 is 11.6 Å². The summed E-state index contributed by atoms with van der Waals surface area (Å²) in [4.78, 5) is 17.5. The highest BCUT2D eigenvalue weighted by molar-refractivity contribution is 6.35. The van der Waals surface area contributed by atoms with Gasteiger partial charge in [-0.1, -0.05) is 44.5 Å². The average molecular weight is 601 g/mol. The summed E-state index contributed by atoms with van der Waals surface area (Å²) in [6, 6.07) is 13.1. The van der Waals surface area contributed by atoms with Gasteiger partial charge in [0.15, 0.2) is 0 Å². The average Bonchev–Trinajstić information content (AvgIpc) is 3.63. The van der Waals surface area contributed by atoms with Crippen LogP contribution in [0.5, 0.6) is 0 Å². The topological polar surface area (TPSA) is 110 Å². The molecular formula is C32H34ClFN8O. The van der Waals surface area contributed by atoms with Crippen molar-refractivity contribution in [3.63, 3.8) is 0 Å². The highest BCUT2D eigenvalue weighted by Crippen LogP contribution is 2.43. The number of hydrogen-bond acceptors (Lipinski definition) is 8. The van der Waals surface area contributed by atoms with E-state index in [4.69, 9.17) is 11.6 Å². The first-order valence-corrected chi connectivity index (χ1v) is 14.6. The van der Waals surface area contributed by atoms with Gasteiger partial charge in [0.25, 0.3) is 5.56 Å². The maximum absolute atomic E-state index is 14.0. The lowest BCUT2D eigenvalue weighted by molar-refractivity contribution is 0.146. The van der Waals surface area contributed by atoms with Crippen LogP contribution in [0.1, 0.15) is 50.8 Å². The molecule has 9 nitrogen and oxygen atoms in total. The number of hydrazine groups is 2. The number of fused-ring (bicyclic) bond motifs is 2. The first kappa shape index (κ1) is 28.8. The van der Waals surface area contributed by atoms with Gasteiger partial charge in [-0.25, -0.2) is 4.39 Å². The Bertz CT molecular complexity index is 1870. The van der Waals surface area contributed by atoms with Gasteiger partial charge in [-0.05, 0) is 53.5 Å². The second kappa shape index (κ2) is 10.7. The minimum absolute atomic E-state index is 0.0312. The molecule has 2 aliphatic rings. The van der Waals surface area contributed by atoms with E-state index in [0.717, 1.165) is 29.5 Å². The van der Waals surface area contributed by atoms with Gasteiger partial charge in [-0.3, -0.25) is 14.8 Å². The van der Waals surface area contributed by atoms with Crippen LogP contribution in [0.4, 0.5) is 15.8 Å². The first-order chi connectivity index (χ1) is 20.5. The second-order valence-corrected chi connectivity index (χ2v) is 13.0. The van der Waals surface area contributed by atoms with Crippen molar-refractivity contribution in [2.45, 2.75) is 45.2 Å². The Morgan fingerprint density at radius 1 is 1.21 bits per heavy atom. The Morgan fingerprint density at radius 3 is 2.70 bits per heavy atom. The van der Waals surface area contributed by atoms with Gasteiger partial charge < -0.3 is 20.6 Å². The number of aromatic nitrogens is 2. The van der Waals surface area contributed by atoms with E-state index in [1.165, 1.54) is 6.20 Å². The third-order valence-electron chi connectivity index (χ3n) is 8.11. The van der Waals surface area contributed by atoms with Crippen LogP contribution in [0.15, 0.2) is 65.5 Å². The number of nitriles is 1. The SMILES string of the molecule is Cn1ccc2c([C@H](Nc3cc(Cl)c4ncc(C#N)c(NCC(C)(C)C)c4c3)C3=CN(C4(CF)CC4)NN3)cccc2c1=O. The molecule has 1 atom stereocenters. The lowest BCUT2D eigenvalue weighted by atomic mass is 9.96. The van der Waals surface area contributed by atoms with E-state index in [1.807, 2.05) is 36.5 Å². The predicted octanol–water partition coefficient (Wildman–Crippen LogP) is 5.89. The molecule has 11 heteroatoms. The van der Waals surface area contributed by atoms with Crippen LogP contribution in [0.3, 0.4) is 0 Å². The molecule has 1 fully saturated rings. The van der Waals surface area contributed by atoms with Crippen molar-refractivity contribution < 1.29 is 4.39 Å². The monoisotopic (exact) mass is 600 g/mol. The Kier molecular flexibility index (Phi) is 7.19. The molecule has 3 heterocycles. The quantitative estimate of drug-likeness (QED) is 0.198.